The van der Waals surface area contributed by atoms with E-state index in [1.165, 1.54) is 37.3 Å². The molecule has 1 N–H and O–H groups in total. The van der Waals surface area contributed by atoms with Crippen LogP contribution in [0.4, 0.5) is 5.69 Å². The SMILES string of the molecule is COc1ccc(OC)c(N(CC(=O)N(Cc2ccc(Cl)c(Cl)c2)C(Cc2ccccc2)C(=O)NCC(C)C)S(=O)(=O)c2ccc(C)cc2)c1. The fourth-order valence-corrected chi connectivity index (χ4v) is 6.89. The Bertz CT molecular complexity index is 1850. The minimum Gasteiger partial charge on any atom is -0.497 e. The van der Waals surface area contributed by atoms with Crippen LogP contribution in [0.15, 0.2) is 95.9 Å². The highest BCUT2D eigenvalue weighted by molar-refractivity contribution is 7.92. The summed E-state index contributed by atoms with van der Waals surface area (Å²) in [5.41, 5.74) is 2.38. The Kier molecular flexibility index (Phi) is 13.0. The molecule has 1 atom stereocenters. The lowest BCUT2D eigenvalue weighted by Gasteiger charge is -2.34. The van der Waals surface area contributed by atoms with Gasteiger partial charge in [-0.25, -0.2) is 8.42 Å². The molecule has 9 nitrogen and oxygen atoms in total. The number of aryl methyl sites for hydroxylation is 1. The van der Waals surface area contributed by atoms with E-state index >= 15 is 0 Å². The van der Waals surface area contributed by atoms with Crippen LogP contribution in [0, 0.1) is 12.8 Å². The van der Waals surface area contributed by atoms with Crippen molar-refractivity contribution in [2.45, 2.75) is 44.7 Å². The van der Waals surface area contributed by atoms with Crippen molar-refractivity contribution in [3.05, 3.63) is 118 Å². The number of anilines is 1. The summed E-state index contributed by atoms with van der Waals surface area (Å²) in [4.78, 5) is 30.1. The van der Waals surface area contributed by atoms with Crippen molar-refractivity contribution in [3.63, 3.8) is 0 Å². The van der Waals surface area contributed by atoms with E-state index in [2.05, 4.69) is 5.32 Å². The molecule has 0 aliphatic heterocycles. The summed E-state index contributed by atoms with van der Waals surface area (Å²) < 4.78 is 40.9. The molecule has 2 amide bonds. The third-order valence-electron chi connectivity index (χ3n) is 7.84. The molecule has 1 unspecified atom stereocenters. The number of carbonyl (C=O) groups excluding carboxylic acids is 2. The lowest BCUT2D eigenvalue weighted by molar-refractivity contribution is -0.140. The van der Waals surface area contributed by atoms with Crippen molar-refractivity contribution < 1.29 is 27.5 Å². The van der Waals surface area contributed by atoms with E-state index in [0.29, 0.717) is 22.9 Å². The van der Waals surface area contributed by atoms with Crippen LogP contribution >= 0.6 is 23.2 Å². The maximum absolute atomic E-state index is 14.8. The van der Waals surface area contributed by atoms with Crippen LogP contribution in [0.2, 0.25) is 10.0 Å². The Hall–Kier alpha value is -4.25. The fraction of sp³-hybridized carbons (Fsp3) is 0.297. The molecule has 4 aromatic carbocycles. The first-order chi connectivity index (χ1) is 23.3. The number of hydrogen-bond acceptors (Lipinski definition) is 6. The second-order valence-corrected chi connectivity index (χ2v) is 14.7. The first-order valence-electron chi connectivity index (χ1n) is 15.7. The molecule has 4 aromatic rings. The molecular weight excluding hydrogens is 685 g/mol. The van der Waals surface area contributed by atoms with Gasteiger partial charge in [-0.3, -0.25) is 13.9 Å². The number of ether oxygens (including phenoxy) is 2. The lowest BCUT2D eigenvalue weighted by Crippen LogP contribution is -2.53. The fourth-order valence-electron chi connectivity index (χ4n) is 5.15. The van der Waals surface area contributed by atoms with E-state index in [9.17, 15) is 18.0 Å². The molecule has 0 spiro atoms. The smallest absolute Gasteiger partial charge is 0.264 e. The minimum atomic E-state index is -4.36. The number of nitrogens with one attached hydrogen (secondary N) is 1. The monoisotopic (exact) mass is 725 g/mol. The van der Waals surface area contributed by atoms with Gasteiger partial charge in [-0.05, 0) is 60.4 Å². The molecule has 0 aliphatic carbocycles. The number of amides is 2. The topological polar surface area (TPSA) is 105 Å². The average molecular weight is 727 g/mol. The highest BCUT2D eigenvalue weighted by Gasteiger charge is 2.36. The molecule has 0 bridgehead atoms. The molecule has 49 heavy (non-hydrogen) atoms. The van der Waals surface area contributed by atoms with Gasteiger partial charge in [0.15, 0.2) is 0 Å². The third kappa shape index (κ3) is 9.68. The Balaban J connectivity index is 1.87. The number of halogens is 2. The standard InChI is InChI=1S/C37H41Cl2N3O6S/c1-25(2)22-40-37(44)34(20-27-9-7-6-8-10-27)41(23-28-13-17-31(38)32(39)19-28)36(43)24-42(33-21-29(47-4)14-18-35(33)48-5)49(45,46)30-15-11-26(3)12-16-30/h6-19,21,25,34H,20,22-24H2,1-5H3,(H,40,44). The molecule has 260 valence electrons. The quantitative estimate of drug-likeness (QED) is 0.143. The maximum atomic E-state index is 14.8. The first kappa shape index (κ1) is 37.6. The van der Waals surface area contributed by atoms with Crippen molar-refractivity contribution in [1.82, 2.24) is 10.2 Å². The van der Waals surface area contributed by atoms with Crippen molar-refractivity contribution in [2.75, 3.05) is 31.6 Å². The summed E-state index contributed by atoms with van der Waals surface area (Å²) in [6.07, 6.45) is 0.172. The van der Waals surface area contributed by atoms with Gasteiger partial charge in [0.25, 0.3) is 10.0 Å². The largest absolute Gasteiger partial charge is 0.497 e. The molecule has 0 aromatic heterocycles. The first-order valence-corrected chi connectivity index (χ1v) is 17.9. The van der Waals surface area contributed by atoms with Crippen LogP contribution in [-0.2, 0) is 32.6 Å². The summed E-state index contributed by atoms with van der Waals surface area (Å²) in [5.74, 6) is -0.299. The Labute approximate surface area is 298 Å². The summed E-state index contributed by atoms with van der Waals surface area (Å²) in [6, 6.07) is 24.3. The summed E-state index contributed by atoms with van der Waals surface area (Å²) in [7, 11) is -1.49. The highest BCUT2D eigenvalue weighted by atomic mass is 35.5. The normalized spacial score (nSPS) is 11.9. The van der Waals surface area contributed by atoms with Crippen molar-refractivity contribution >= 4 is 50.7 Å². The third-order valence-corrected chi connectivity index (χ3v) is 10.3. The molecule has 0 saturated heterocycles. The number of rotatable bonds is 15. The number of methoxy groups -OCH3 is 2. The van der Waals surface area contributed by atoms with Crippen LogP contribution in [0.1, 0.15) is 30.5 Å². The molecular formula is C37H41Cl2N3O6S. The van der Waals surface area contributed by atoms with Gasteiger partial charge in [0.2, 0.25) is 11.8 Å². The number of nitrogens with zero attached hydrogens (tertiary/aromatic N) is 2. The Morgan fingerprint density at radius 3 is 2.14 bits per heavy atom. The zero-order valence-electron chi connectivity index (χ0n) is 28.2. The number of benzene rings is 4. The van der Waals surface area contributed by atoms with Crippen molar-refractivity contribution in [3.8, 4) is 11.5 Å². The Morgan fingerprint density at radius 1 is 0.837 bits per heavy atom. The van der Waals surface area contributed by atoms with E-state index in [4.69, 9.17) is 32.7 Å². The average Bonchev–Trinajstić information content (AvgIpc) is 3.09. The maximum Gasteiger partial charge on any atom is 0.264 e. The van der Waals surface area contributed by atoms with E-state index in [1.54, 1.807) is 42.5 Å². The number of hydrogen-bond donors (Lipinski definition) is 1. The predicted molar refractivity (Wildman–Crippen MR) is 194 cm³/mol. The lowest BCUT2D eigenvalue weighted by atomic mass is 10.0. The number of carbonyl (C=O) groups is 2. The highest BCUT2D eigenvalue weighted by Crippen LogP contribution is 2.36. The van der Waals surface area contributed by atoms with Crippen LogP contribution in [-0.4, -0.2) is 58.5 Å². The van der Waals surface area contributed by atoms with E-state index < -0.39 is 28.5 Å². The van der Waals surface area contributed by atoms with Crippen LogP contribution < -0.4 is 19.1 Å². The number of sulfonamides is 1. The van der Waals surface area contributed by atoms with Crippen LogP contribution in [0.3, 0.4) is 0 Å². The van der Waals surface area contributed by atoms with Gasteiger partial charge in [-0.1, -0.05) is 91.1 Å². The molecule has 0 aliphatic rings. The molecule has 0 heterocycles. The van der Waals surface area contributed by atoms with Crippen molar-refractivity contribution in [2.24, 2.45) is 5.92 Å². The van der Waals surface area contributed by atoms with Gasteiger partial charge >= 0.3 is 0 Å². The van der Waals surface area contributed by atoms with Crippen LogP contribution in [0.5, 0.6) is 11.5 Å². The van der Waals surface area contributed by atoms with Crippen molar-refractivity contribution in [1.29, 1.82) is 0 Å². The van der Waals surface area contributed by atoms with Gasteiger partial charge in [0.1, 0.15) is 24.1 Å². The van der Waals surface area contributed by atoms with Gasteiger partial charge in [0.05, 0.1) is 34.8 Å². The van der Waals surface area contributed by atoms with Gasteiger partial charge in [-0.15, -0.1) is 0 Å². The molecule has 12 heteroatoms. The molecule has 4 rings (SSSR count). The second kappa shape index (κ2) is 16.9. The summed E-state index contributed by atoms with van der Waals surface area (Å²) in [6.45, 7) is 5.45. The minimum absolute atomic E-state index is 0.0256. The Morgan fingerprint density at radius 2 is 1.53 bits per heavy atom. The van der Waals surface area contributed by atoms with E-state index in [1.807, 2.05) is 51.1 Å². The van der Waals surface area contributed by atoms with Crippen LogP contribution in [0.25, 0.3) is 0 Å². The van der Waals surface area contributed by atoms with Gasteiger partial charge in [0, 0.05) is 25.6 Å². The molecule has 0 saturated carbocycles. The predicted octanol–water partition coefficient (Wildman–Crippen LogP) is 6.93. The zero-order valence-corrected chi connectivity index (χ0v) is 30.5. The zero-order chi connectivity index (χ0) is 35.7. The van der Waals surface area contributed by atoms with E-state index in [0.717, 1.165) is 15.4 Å². The van der Waals surface area contributed by atoms with Gasteiger partial charge < -0.3 is 19.7 Å². The summed E-state index contributed by atoms with van der Waals surface area (Å²) in [5, 5.41) is 3.59. The summed E-state index contributed by atoms with van der Waals surface area (Å²) >= 11 is 12.6. The second-order valence-electron chi connectivity index (χ2n) is 12.0. The molecule has 0 fully saturated rings. The van der Waals surface area contributed by atoms with Gasteiger partial charge in [-0.2, -0.15) is 0 Å². The van der Waals surface area contributed by atoms with E-state index in [-0.39, 0.29) is 46.1 Å². The molecule has 0 radical (unpaired) electrons.